The molecule has 0 spiro atoms. The van der Waals surface area contributed by atoms with E-state index in [9.17, 15) is 4.79 Å². The van der Waals surface area contributed by atoms with Crippen molar-refractivity contribution in [3.63, 3.8) is 0 Å². The number of hydrogen-bond acceptors (Lipinski definition) is 6. The molecule has 0 aromatic heterocycles. The lowest BCUT2D eigenvalue weighted by molar-refractivity contribution is 0.0969. The van der Waals surface area contributed by atoms with Crippen molar-refractivity contribution >= 4 is 23.2 Å². The summed E-state index contributed by atoms with van der Waals surface area (Å²) < 4.78 is 10.4. The number of ether oxygens (including phenoxy) is 2. The number of carbonyl (C=O) groups is 1. The van der Waals surface area contributed by atoms with Crippen LogP contribution in [0.25, 0.3) is 0 Å². The predicted molar refractivity (Wildman–Crippen MR) is 102 cm³/mol. The zero-order valence-corrected chi connectivity index (χ0v) is 15.8. The molecule has 0 saturated carbocycles. The second kappa shape index (κ2) is 10.7. The molecule has 1 saturated heterocycles. The van der Waals surface area contributed by atoms with Gasteiger partial charge in [-0.15, -0.1) is 0 Å². The number of nitriles is 1. The van der Waals surface area contributed by atoms with Gasteiger partial charge in [-0.3, -0.25) is 15.0 Å². The maximum absolute atomic E-state index is 12.3. The van der Waals surface area contributed by atoms with Crippen molar-refractivity contribution < 1.29 is 14.3 Å². The highest BCUT2D eigenvalue weighted by molar-refractivity contribution is 7.80. The number of piperazine rings is 1. The first-order valence-electron chi connectivity index (χ1n) is 8.55. The van der Waals surface area contributed by atoms with Gasteiger partial charge in [-0.05, 0) is 36.5 Å². The maximum atomic E-state index is 12.3. The van der Waals surface area contributed by atoms with E-state index in [1.165, 1.54) is 0 Å². The van der Waals surface area contributed by atoms with Gasteiger partial charge in [0.25, 0.3) is 5.91 Å². The van der Waals surface area contributed by atoms with Gasteiger partial charge in [0.15, 0.2) is 5.11 Å². The van der Waals surface area contributed by atoms with Crippen molar-refractivity contribution in [1.82, 2.24) is 15.1 Å². The van der Waals surface area contributed by atoms with Crippen LogP contribution in [0.3, 0.4) is 0 Å². The Balaban J connectivity index is 1.78. The molecule has 7 nitrogen and oxygen atoms in total. The molecule has 2 rings (SSSR count). The Hall–Kier alpha value is -2.21. The summed E-state index contributed by atoms with van der Waals surface area (Å²) in [5.41, 5.74) is 0.527. The maximum Gasteiger partial charge on any atom is 0.257 e. The molecule has 1 aliphatic heterocycles. The van der Waals surface area contributed by atoms with Crippen LogP contribution >= 0.6 is 12.2 Å². The Kier molecular flexibility index (Phi) is 8.28. The molecule has 0 bridgehead atoms. The van der Waals surface area contributed by atoms with Gasteiger partial charge in [-0.25, -0.2) is 0 Å². The Morgan fingerprint density at radius 2 is 1.92 bits per heavy atom. The molecule has 1 aromatic carbocycles. The SMILES string of the molecule is COCCOc1ccc(C(=O)NC(=S)N2CCN(CCC#N)CC2)cc1. The van der Waals surface area contributed by atoms with Gasteiger partial charge in [0.2, 0.25) is 0 Å². The molecule has 1 heterocycles. The van der Waals surface area contributed by atoms with Crippen LogP contribution in [0.1, 0.15) is 16.8 Å². The van der Waals surface area contributed by atoms with Crippen LogP contribution in [0.15, 0.2) is 24.3 Å². The van der Waals surface area contributed by atoms with Gasteiger partial charge in [0.05, 0.1) is 12.7 Å². The molecule has 0 aliphatic carbocycles. The standard InChI is InChI=1S/C18H24N4O3S/c1-24-13-14-25-16-5-3-15(4-6-16)17(23)20-18(26)22-11-9-21(10-12-22)8-2-7-19/h3-6H,2,8-14H2,1H3,(H,20,23,26). The van der Waals surface area contributed by atoms with Gasteiger partial charge >= 0.3 is 0 Å². The number of benzene rings is 1. The molecule has 1 fully saturated rings. The van der Waals surface area contributed by atoms with Crippen LogP contribution in [0, 0.1) is 11.3 Å². The second-order valence-corrected chi connectivity index (χ2v) is 6.25. The summed E-state index contributed by atoms with van der Waals surface area (Å²) in [5.74, 6) is 0.458. The first kappa shape index (κ1) is 20.1. The van der Waals surface area contributed by atoms with Gasteiger partial charge in [0.1, 0.15) is 12.4 Å². The van der Waals surface area contributed by atoms with E-state index in [0.29, 0.717) is 36.1 Å². The average molecular weight is 376 g/mol. The van der Waals surface area contributed by atoms with E-state index < -0.39 is 0 Å². The highest BCUT2D eigenvalue weighted by Crippen LogP contribution is 2.12. The molecule has 1 aliphatic rings. The fourth-order valence-electron chi connectivity index (χ4n) is 2.58. The summed E-state index contributed by atoms with van der Waals surface area (Å²) in [7, 11) is 1.62. The van der Waals surface area contributed by atoms with Crippen molar-refractivity contribution in [3.8, 4) is 11.8 Å². The van der Waals surface area contributed by atoms with Gasteiger partial charge in [-0.1, -0.05) is 0 Å². The number of amides is 1. The number of thiocarbonyl (C=S) groups is 1. The molecular formula is C18H24N4O3S. The Bertz CT molecular complexity index is 637. The van der Waals surface area contributed by atoms with Gasteiger partial charge < -0.3 is 14.4 Å². The first-order chi connectivity index (χ1) is 12.6. The molecule has 0 atom stereocenters. The fourth-order valence-corrected chi connectivity index (χ4v) is 2.85. The smallest absolute Gasteiger partial charge is 0.257 e. The van der Waals surface area contributed by atoms with Crippen LogP contribution in [-0.2, 0) is 4.74 Å². The van der Waals surface area contributed by atoms with Crippen LogP contribution in [0.4, 0.5) is 0 Å². The Morgan fingerprint density at radius 1 is 1.23 bits per heavy atom. The number of carbonyl (C=O) groups excluding carboxylic acids is 1. The van der Waals surface area contributed by atoms with E-state index in [1.54, 1.807) is 31.4 Å². The summed E-state index contributed by atoms with van der Waals surface area (Å²) in [6, 6.07) is 9.08. The highest BCUT2D eigenvalue weighted by atomic mass is 32.1. The zero-order chi connectivity index (χ0) is 18.8. The summed E-state index contributed by atoms with van der Waals surface area (Å²) >= 11 is 5.36. The minimum absolute atomic E-state index is 0.231. The third kappa shape index (κ3) is 6.26. The van der Waals surface area contributed by atoms with Crippen molar-refractivity contribution in [2.24, 2.45) is 0 Å². The molecule has 26 heavy (non-hydrogen) atoms. The van der Waals surface area contributed by atoms with E-state index >= 15 is 0 Å². The molecule has 8 heteroatoms. The van der Waals surface area contributed by atoms with Crippen LogP contribution in [-0.4, -0.2) is 73.9 Å². The second-order valence-electron chi connectivity index (χ2n) is 5.86. The largest absolute Gasteiger partial charge is 0.491 e. The first-order valence-corrected chi connectivity index (χ1v) is 8.96. The number of nitrogens with one attached hydrogen (secondary N) is 1. The molecule has 0 unspecified atom stereocenters. The van der Waals surface area contributed by atoms with Gasteiger partial charge in [-0.2, -0.15) is 5.26 Å². The van der Waals surface area contributed by atoms with Crippen molar-refractivity contribution in [2.75, 3.05) is 53.0 Å². The number of rotatable bonds is 7. The monoisotopic (exact) mass is 376 g/mol. The fraction of sp³-hybridized carbons (Fsp3) is 0.500. The average Bonchev–Trinajstić information content (AvgIpc) is 2.67. The zero-order valence-electron chi connectivity index (χ0n) is 14.9. The topological polar surface area (TPSA) is 77.8 Å². The van der Waals surface area contributed by atoms with E-state index in [4.69, 9.17) is 27.0 Å². The van der Waals surface area contributed by atoms with E-state index in [0.717, 1.165) is 32.7 Å². The summed E-state index contributed by atoms with van der Waals surface area (Å²) in [5, 5.41) is 11.9. The number of hydrogen-bond donors (Lipinski definition) is 1. The number of nitrogens with zero attached hydrogens (tertiary/aromatic N) is 3. The lowest BCUT2D eigenvalue weighted by atomic mass is 10.2. The normalized spacial score (nSPS) is 14.5. The third-order valence-electron chi connectivity index (χ3n) is 4.09. The van der Waals surface area contributed by atoms with Gasteiger partial charge in [0, 0.05) is 51.8 Å². The third-order valence-corrected chi connectivity index (χ3v) is 4.45. The van der Waals surface area contributed by atoms with Crippen molar-refractivity contribution in [3.05, 3.63) is 29.8 Å². The highest BCUT2D eigenvalue weighted by Gasteiger charge is 2.20. The molecular weight excluding hydrogens is 352 g/mol. The molecule has 140 valence electrons. The molecule has 1 aromatic rings. The molecule has 1 amide bonds. The minimum Gasteiger partial charge on any atom is -0.491 e. The van der Waals surface area contributed by atoms with E-state index in [1.807, 2.05) is 4.90 Å². The Labute approximate surface area is 159 Å². The van der Waals surface area contributed by atoms with E-state index in [-0.39, 0.29) is 5.91 Å². The summed E-state index contributed by atoms with van der Waals surface area (Å²) in [6.45, 7) is 4.93. The predicted octanol–water partition coefficient (Wildman–Crippen LogP) is 1.26. The summed E-state index contributed by atoms with van der Waals surface area (Å²) in [6.07, 6.45) is 0.534. The molecule has 0 radical (unpaired) electrons. The number of methoxy groups -OCH3 is 1. The quantitative estimate of drug-likeness (QED) is 0.567. The molecule has 1 N–H and O–H groups in total. The lowest BCUT2D eigenvalue weighted by Gasteiger charge is -2.35. The van der Waals surface area contributed by atoms with Crippen molar-refractivity contribution in [2.45, 2.75) is 6.42 Å². The van der Waals surface area contributed by atoms with Crippen molar-refractivity contribution in [1.29, 1.82) is 5.26 Å². The van der Waals surface area contributed by atoms with Crippen LogP contribution in [0.2, 0.25) is 0 Å². The van der Waals surface area contributed by atoms with Crippen LogP contribution < -0.4 is 10.1 Å². The van der Waals surface area contributed by atoms with E-state index in [2.05, 4.69) is 16.3 Å². The summed E-state index contributed by atoms with van der Waals surface area (Å²) in [4.78, 5) is 16.6. The van der Waals surface area contributed by atoms with Crippen LogP contribution in [0.5, 0.6) is 5.75 Å². The minimum atomic E-state index is -0.231. The lowest BCUT2D eigenvalue weighted by Crippen LogP contribution is -2.52. The Morgan fingerprint density at radius 3 is 2.54 bits per heavy atom.